The molecule has 0 spiro atoms. The Morgan fingerprint density at radius 3 is 2.89 bits per heavy atom. The van der Waals surface area contributed by atoms with Crippen LogP contribution in [0.4, 0.5) is 10.1 Å². The summed E-state index contributed by atoms with van der Waals surface area (Å²) in [6, 6.07) is 12.0. The Labute approximate surface area is 155 Å². The fourth-order valence-corrected chi connectivity index (χ4v) is 3.14. The second-order valence-electron chi connectivity index (χ2n) is 6.19. The van der Waals surface area contributed by atoms with Crippen LogP contribution in [-0.4, -0.2) is 42.0 Å². The van der Waals surface area contributed by atoms with Crippen LogP contribution >= 0.6 is 0 Å². The van der Waals surface area contributed by atoms with Gasteiger partial charge in [-0.15, -0.1) is 0 Å². The molecule has 1 aliphatic heterocycles. The number of hydrogen-bond acceptors (Lipinski definition) is 5. The van der Waals surface area contributed by atoms with Crippen LogP contribution in [0.2, 0.25) is 0 Å². The van der Waals surface area contributed by atoms with Gasteiger partial charge in [-0.25, -0.2) is 4.39 Å². The quantitative estimate of drug-likeness (QED) is 0.622. The highest BCUT2D eigenvalue weighted by molar-refractivity contribution is 5.77. The molecule has 7 nitrogen and oxygen atoms in total. The lowest BCUT2D eigenvalue weighted by Gasteiger charge is -2.36. The molecule has 1 N–H and O–H groups in total. The summed E-state index contributed by atoms with van der Waals surface area (Å²) < 4.78 is 19.0. The number of piperazine rings is 1. The van der Waals surface area contributed by atoms with E-state index in [1.165, 1.54) is 24.3 Å². The van der Waals surface area contributed by atoms with Gasteiger partial charge in [-0.2, -0.15) is 0 Å². The normalized spacial score (nSPS) is 16.8. The molecule has 142 valence electrons. The predicted molar refractivity (Wildman–Crippen MR) is 96.9 cm³/mol. The van der Waals surface area contributed by atoms with Crippen molar-refractivity contribution < 1.29 is 18.8 Å². The van der Waals surface area contributed by atoms with Crippen LogP contribution in [0.25, 0.3) is 0 Å². The molecule has 0 bridgehead atoms. The van der Waals surface area contributed by atoms with Crippen molar-refractivity contribution in [1.29, 1.82) is 0 Å². The molecule has 0 aliphatic carbocycles. The first-order valence-electron chi connectivity index (χ1n) is 8.68. The maximum Gasteiger partial charge on any atom is 0.310 e. The fourth-order valence-electron chi connectivity index (χ4n) is 3.14. The Morgan fingerprint density at radius 2 is 2.11 bits per heavy atom. The molecule has 1 amide bonds. The molecule has 0 aromatic heterocycles. The molecule has 0 radical (unpaired) electrons. The van der Waals surface area contributed by atoms with E-state index in [0.717, 1.165) is 5.56 Å². The molecule has 3 rings (SSSR count). The third kappa shape index (κ3) is 4.59. The minimum Gasteiger partial charge on any atom is -0.486 e. The maximum atomic E-state index is 13.5. The predicted octanol–water partition coefficient (Wildman–Crippen LogP) is 2.68. The van der Waals surface area contributed by atoms with Crippen LogP contribution in [0.15, 0.2) is 48.5 Å². The number of nitrogens with one attached hydrogen (secondary N) is 1. The van der Waals surface area contributed by atoms with E-state index in [4.69, 9.17) is 4.74 Å². The number of halogens is 1. The van der Waals surface area contributed by atoms with Gasteiger partial charge < -0.3 is 15.0 Å². The highest BCUT2D eigenvalue weighted by atomic mass is 19.1. The van der Waals surface area contributed by atoms with Gasteiger partial charge in [0.2, 0.25) is 5.91 Å². The lowest BCUT2D eigenvalue weighted by atomic mass is 10.0. The average Bonchev–Trinajstić information content (AvgIpc) is 2.68. The van der Waals surface area contributed by atoms with Gasteiger partial charge in [0.05, 0.1) is 24.0 Å². The molecule has 1 aliphatic rings. The first-order valence-corrected chi connectivity index (χ1v) is 8.68. The summed E-state index contributed by atoms with van der Waals surface area (Å²) in [5, 5.41) is 14.2. The monoisotopic (exact) mass is 373 g/mol. The summed E-state index contributed by atoms with van der Waals surface area (Å²) in [5.41, 5.74) is 0.597. The minimum atomic E-state index is -0.520. The molecule has 1 fully saturated rings. The summed E-state index contributed by atoms with van der Waals surface area (Å²) in [5.74, 6) is -0.341. The summed E-state index contributed by atoms with van der Waals surface area (Å²) >= 11 is 0. The lowest BCUT2D eigenvalue weighted by molar-refractivity contribution is -0.385. The number of para-hydroxylation sites is 2. The van der Waals surface area contributed by atoms with E-state index in [0.29, 0.717) is 19.6 Å². The van der Waals surface area contributed by atoms with E-state index in [9.17, 15) is 19.3 Å². The van der Waals surface area contributed by atoms with Gasteiger partial charge in [0.25, 0.3) is 0 Å². The average molecular weight is 373 g/mol. The summed E-state index contributed by atoms with van der Waals surface area (Å²) in [4.78, 5) is 24.9. The van der Waals surface area contributed by atoms with Crippen molar-refractivity contribution in [2.24, 2.45) is 0 Å². The van der Waals surface area contributed by atoms with Crippen molar-refractivity contribution in [2.45, 2.75) is 12.5 Å². The number of benzene rings is 2. The van der Waals surface area contributed by atoms with Crippen LogP contribution in [0, 0.1) is 15.9 Å². The number of carbonyl (C=O) groups excluding carboxylic acids is 1. The van der Waals surface area contributed by atoms with Crippen LogP contribution in [0.5, 0.6) is 5.75 Å². The Morgan fingerprint density at radius 1 is 1.30 bits per heavy atom. The number of hydrogen-bond donors (Lipinski definition) is 1. The van der Waals surface area contributed by atoms with Crippen molar-refractivity contribution in [3.05, 3.63) is 70.0 Å². The minimum absolute atomic E-state index is 0.0312. The summed E-state index contributed by atoms with van der Waals surface area (Å²) in [7, 11) is 0. The van der Waals surface area contributed by atoms with E-state index in [1.54, 1.807) is 29.2 Å². The van der Waals surface area contributed by atoms with Crippen molar-refractivity contribution in [3.63, 3.8) is 0 Å². The third-order valence-electron chi connectivity index (χ3n) is 4.43. The van der Waals surface area contributed by atoms with E-state index in [-0.39, 0.29) is 42.2 Å². The van der Waals surface area contributed by atoms with Gasteiger partial charge in [0.15, 0.2) is 5.75 Å². The van der Waals surface area contributed by atoms with Gasteiger partial charge in [-0.1, -0.05) is 24.3 Å². The molecule has 1 heterocycles. The molecule has 1 saturated heterocycles. The molecule has 2 aromatic carbocycles. The number of carbonyl (C=O) groups is 1. The van der Waals surface area contributed by atoms with Crippen LogP contribution in [0.1, 0.15) is 18.0 Å². The zero-order valence-corrected chi connectivity index (χ0v) is 14.6. The first-order chi connectivity index (χ1) is 13.1. The van der Waals surface area contributed by atoms with E-state index >= 15 is 0 Å². The number of nitro benzene ring substituents is 1. The van der Waals surface area contributed by atoms with Gasteiger partial charge in [-0.05, 0) is 23.8 Å². The highest BCUT2D eigenvalue weighted by Crippen LogP contribution is 2.27. The standard InChI is InChI=1S/C19H20FN3O4/c20-15-5-3-4-14(12-15)17-13-21-9-10-22(17)19(24)8-11-27-18-7-2-1-6-16(18)23(25)26/h1-7,12,17,21H,8-11,13H2. The zero-order chi connectivity index (χ0) is 19.2. The molecular formula is C19H20FN3O4. The summed E-state index contributed by atoms with van der Waals surface area (Å²) in [6.07, 6.45) is 0.0812. The number of ether oxygens (including phenoxy) is 1. The van der Waals surface area contributed by atoms with E-state index in [2.05, 4.69) is 5.32 Å². The number of amides is 1. The molecule has 0 saturated carbocycles. The summed E-state index contributed by atoms with van der Waals surface area (Å²) in [6.45, 7) is 1.73. The number of nitro groups is 1. The van der Waals surface area contributed by atoms with Crippen LogP contribution in [0.3, 0.4) is 0 Å². The maximum absolute atomic E-state index is 13.5. The smallest absolute Gasteiger partial charge is 0.310 e. The Balaban J connectivity index is 1.63. The first kappa shape index (κ1) is 18.8. The Kier molecular flexibility index (Phi) is 5.97. The Hall–Kier alpha value is -3.00. The van der Waals surface area contributed by atoms with E-state index in [1.807, 2.05) is 0 Å². The molecular weight excluding hydrogens is 353 g/mol. The van der Waals surface area contributed by atoms with Gasteiger partial charge in [0, 0.05) is 25.7 Å². The van der Waals surface area contributed by atoms with Crippen molar-refractivity contribution in [3.8, 4) is 5.75 Å². The van der Waals surface area contributed by atoms with Crippen molar-refractivity contribution in [1.82, 2.24) is 10.2 Å². The number of nitrogens with zero attached hydrogens (tertiary/aromatic N) is 2. The zero-order valence-electron chi connectivity index (χ0n) is 14.6. The highest BCUT2D eigenvalue weighted by Gasteiger charge is 2.28. The number of rotatable bonds is 6. The van der Waals surface area contributed by atoms with Gasteiger partial charge >= 0.3 is 5.69 Å². The van der Waals surface area contributed by atoms with Gasteiger partial charge in [-0.3, -0.25) is 14.9 Å². The molecule has 27 heavy (non-hydrogen) atoms. The second-order valence-corrected chi connectivity index (χ2v) is 6.19. The topological polar surface area (TPSA) is 84.7 Å². The lowest BCUT2D eigenvalue weighted by Crippen LogP contribution is -2.49. The SMILES string of the molecule is O=C(CCOc1ccccc1[N+](=O)[O-])N1CCNCC1c1cccc(F)c1. The third-order valence-corrected chi connectivity index (χ3v) is 4.43. The molecule has 1 unspecified atom stereocenters. The van der Waals surface area contributed by atoms with Gasteiger partial charge in [0.1, 0.15) is 5.82 Å². The van der Waals surface area contributed by atoms with Crippen LogP contribution < -0.4 is 10.1 Å². The molecule has 8 heteroatoms. The van der Waals surface area contributed by atoms with Crippen molar-refractivity contribution in [2.75, 3.05) is 26.2 Å². The second kappa shape index (κ2) is 8.59. The largest absolute Gasteiger partial charge is 0.486 e. The fraction of sp³-hybridized carbons (Fsp3) is 0.316. The van der Waals surface area contributed by atoms with E-state index < -0.39 is 4.92 Å². The molecule has 2 aromatic rings. The molecule has 1 atom stereocenters. The Bertz CT molecular complexity index is 830. The van der Waals surface area contributed by atoms with Crippen LogP contribution in [-0.2, 0) is 4.79 Å². The van der Waals surface area contributed by atoms with Crippen molar-refractivity contribution >= 4 is 11.6 Å².